The van der Waals surface area contributed by atoms with E-state index < -0.39 is 29.6 Å². The van der Waals surface area contributed by atoms with Crippen molar-refractivity contribution in [3.8, 4) is 5.75 Å². The summed E-state index contributed by atoms with van der Waals surface area (Å²) in [5, 5.41) is 0. The Labute approximate surface area is 177 Å². The maximum Gasteiger partial charge on any atom is 0.573 e. The summed E-state index contributed by atoms with van der Waals surface area (Å²) in [6.45, 7) is 2.06. The van der Waals surface area contributed by atoms with Crippen LogP contribution in [0.5, 0.6) is 5.75 Å². The topological polar surface area (TPSA) is 9.23 Å². The molecule has 0 bridgehead atoms. The number of rotatable bonds is 4. The molecule has 0 spiro atoms. The quantitative estimate of drug-likeness (QED) is 0.442. The van der Waals surface area contributed by atoms with Gasteiger partial charge in [0.05, 0.1) is 0 Å². The Balaban J connectivity index is 1.71. The van der Waals surface area contributed by atoms with Gasteiger partial charge in [-0.3, -0.25) is 0 Å². The zero-order valence-electron chi connectivity index (χ0n) is 17.1. The molecule has 0 radical (unpaired) electrons. The lowest BCUT2D eigenvalue weighted by Crippen LogP contribution is -2.35. The fraction of sp³-hybridized carbons (Fsp3) is 0.500. The van der Waals surface area contributed by atoms with Gasteiger partial charge in [0, 0.05) is 6.07 Å². The zero-order chi connectivity index (χ0) is 22.3. The van der Waals surface area contributed by atoms with Crippen LogP contribution in [0.2, 0.25) is 0 Å². The van der Waals surface area contributed by atoms with E-state index in [-0.39, 0.29) is 23.7 Å². The number of halogens is 6. The Morgan fingerprint density at radius 1 is 0.968 bits per heavy atom. The summed E-state index contributed by atoms with van der Waals surface area (Å²) in [6, 6.07) is 5.99. The van der Waals surface area contributed by atoms with Crippen LogP contribution in [0.15, 0.2) is 30.3 Å². The molecule has 31 heavy (non-hydrogen) atoms. The molecule has 2 aliphatic rings. The fourth-order valence-corrected chi connectivity index (χ4v) is 5.83. The first-order valence-electron chi connectivity index (χ1n) is 10.7. The van der Waals surface area contributed by atoms with Gasteiger partial charge in [0.2, 0.25) is 0 Å². The molecule has 0 unspecified atom stereocenters. The minimum Gasteiger partial charge on any atom is -0.403 e. The lowest BCUT2D eigenvalue weighted by atomic mass is 9.57. The Bertz CT molecular complexity index is 954. The summed E-state index contributed by atoms with van der Waals surface area (Å²) >= 11 is 0. The van der Waals surface area contributed by atoms with Gasteiger partial charge in [-0.1, -0.05) is 25.8 Å². The third-order valence-electron chi connectivity index (χ3n) is 6.88. The zero-order valence-corrected chi connectivity index (χ0v) is 17.1. The van der Waals surface area contributed by atoms with E-state index in [1.807, 2.05) is 0 Å². The van der Waals surface area contributed by atoms with Crippen molar-refractivity contribution < 1.29 is 31.1 Å². The number of alkyl halides is 3. The minimum atomic E-state index is -4.97. The van der Waals surface area contributed by atoms with Crippen LogP contribution in [-0.2, 0) is 6.42 Å². The van der Waals surface area contributed by atoms with Gasteiger partial charge in [-0.15, -0.1) is 13.2 Å². The van der Waals surface area contributed by atoms with Crippen LogP contribution in [0, 0.1) is 29.3 Å². The molecule has 0 N–H and O–H groups in total. The molecule has 0 heterocycles. The lowest BCUT2D eigenvalue weighted by Gasteiger charge is -2.47. The standard InChI is InChI=1S/C24H24F6O/c1-2-3-13-4-6-16-18(8-7-17-19(16)11-15(25)12-20(17)26)23(13)14-5-9-22(21(27)10-14)31-24(28,29)30/h5,9-13,16,18,23H,2-4,6-8H2,1H3/t13-,16-,18+,23-/m1/s1. The summed E-state index contributed by atoms with van der Waals surface area (Å²) < 4.78 is 84.1. The van der Waals surface area contributed by atoms with E-state index in [2.05, 4.69) is 11.7 Å². The van der Waals surface area contributed by atoms with Gasteiger partial charge in [-0.25, -0.2) is 13.2 Å². The molecule has 2 aliphatic carbocycles. The SMILES string of the molecule is CCC[C@@H]1CC[C@H]2c3cc(F)cc(F)c3CC[C@@H]2[C@H]1c1ccc(OC(F)(F)F)c(F)c1. The summed E-state index contributed by atoms with van der Waals surface area (Å²) in [7, 11) is 0. The van der Waals surface area contributed by atoms with E-state index in [9.17, 15) is 26.3 Å². The first kappa shape index (κ1) is 22.0. The normalized spacial score (nSPS) is 25.6. The Morgan fingerprint density at radius 2 is 1.74 bits per heavy atom. The van der Waals surface area contributed by atoms with Gasteiger partial charge in [0.15, 0.2) is 11.6 Å². The van der Waals surface area contributed by atoms with Crippen LogP contribution in [0.4, 0.5) is 26.3 Å². The molecule has 0 aromatic heterocycles. The second kappa shape index (κ2) is 8.40. The van der Waals surface area contributed by atoms with E-state index in [4.69, 9.17) is 0 Å². The van der Waals surface area contributed by atoms with Crippen molar-refractivity contribution in [3.63, 3.8) is 0 Å². The van der Waals surface area contributed by atoms with E-state index in [1.54, 1.807) is 0 Å². The summed E-state index contributed by atoms with van der Waals surface area (Å²) in [4.78, 5) is 0. The van der Waals surface area contributed by atoms with Crippen LogP contribution in [0.25, 0.3) is 0 Å². The molecule has 2 aromatic carbocycles. The highest BCUT2D eigenvalue weighted by atomic mass is 19.4. The van der Waals surface area contributed by atoms with E-state index in [0.29, 0.717) is 29.5 Å². The number of hydrogen-bond donors (Lipinski definition) is 0. The van der Waals surface area contributed by atoms with Crippen molar-refractivity contribution in [3.05, 3.63) is 64.5 Å². The summed E-state index contributed by atoms with van der Waals surface area (Å²) in [6.07, 6.45) is -0.385. The third kappa shape index (κ3) is 4.41. The van der Waals surface area contributed by atoms with Crippen molar-refractivity contribution >= 4 is 0 Å². The largest absolute Gasteiger partial charge is 0.573 e. The number of hydrogen-bond acceptors (Lipinski definition) is 1. The molecule has 1 saturated carbocycles. The van der Waals surface area contributed by atoms with Crippen molar-refractivity contribution in [2.24, 2.45) is 11.8 Å². The molecule has 4 rings (SSSR count). The predicted molar refractivity (Wildman–Crippen MR) is 104 cm³/mol. The molecule has 4 atom stereocenters. The van der Waals surface area contributed by atoms with Gasteiger partial charge in [0.1, 0.15) is 11.6 Å². The van der Waals surface area contributed by atoms with Crippen molar-refractivity contribution in [2.75, 3.05) is 0 Å². The maximum absolute atomic E-state index is 14.5. The van der Waals surface area contributed by atoms with Crippen molar-refractivity contribution in [1.29, 1.82) is 0 Å². The average Bonchev–Trinajstić information content (AvgIpc) is 2.68. The van der Waals surface area contributed by atoms with Gasteiger partial charge >= 0.3 is 6.36 Å². The third-order valence-corrected chi connectivity index (χ3v) is 6.88. The highest BCUT2D eigenvalue weighted by Crippen LogP contribution is 2.55. The first-order chi connectivity index (χ1) is 14.7. The smallest absolute Gasteiger partial charge is 0.403 e. The van der Waals surface area contributed by atoms with E-state index in [1.165, 1.54) is 12.1 Å². The predicted octanol–water partition coefficient (Wildman–Crippen LogP) is 7.64. The molecule has 0 saturated heterocycles. The number of ether oxygens (including phenoxy) is 1. The van der Waals surface area contributed by atoms with Gasteiger partial charge in [-0.2, -0.15) is 0 Å². The highest BCUT2D eigenvalue weighted by molar-refractivity contribution is 5.39. The van der Waals surface area contributed by atoms with Gasteiger partial charge < -0.3 is 4.74 Å². The molecule has 1 fully saturated rings. The average molecular weight is 442 g/mol. The Hall–Kier alpha value is -2.18. The second-order valence-corrected chi connectivity index (χ2v) is 8.65. The fourth-order valence-electron chi connectivity index (χ4n) is 5.83. The Morgan fingerprint density at radius 3 is 2.42 bits per heavy atom. The van der Waals surface area contributed by atoms with E-state index in [0.717, 1.165) is 43.9 Å². The van der Waals surface area contributed by atoms with Crippen LogP contribution < -0.4 is 4.74 Å². The Kier molecular flexibility index (Phi) is 5.97. The summed E-state index contributed by atoms with van der Waals surface area (Å²) in [5.74, 6) is -2.90. The molecule has 0 aliphatic heterocycles. The first-order valence-corrected chi connectivity index (χ1v) is 10.7. The van der Waals surface area contributed by atoms with Gasteiger partial charge in [0.25, 0.3) is 0 Å². The maximum atomic E-state index is 14.5. The molecule has 7 heteroatoms. The molecule has 2 aromatic rings. The molecule has 1 nitrogen and oxygen atoms in total. The molecular formula is C24H24F6O. The molecule has 0 amide bonds. The molecule has 168 valence electrons. The minimum absolute atomic E-state index is 0.0489. The van der Waals surface area contributed by atoms with Crippen LogP contribution in [-0.4, -0.2) is 6.36 Å². The number of benzene rings is 2. The van der Waals surface area contributed by atoms with Gasteiger partial charge in [-0.05, 0) is 84.2 Å². The number of fused-ring (bicyclic) bond motifs is 3. The van der Waals surface area contributed by atoms with Crippen molar-refractivity contribution in [1.82, 2.24) is 0 Å². The monoisotopic (exact) mass is 442 g/mol. The highest BCUT2D eigenvalue weighted by Gasteiger charge is 2.43. The summed E-state index contributed by atoms with van der Waals surface area (Å²) in [5.41, 5.74) is 1.86. The second-order valence-electron chi connectivity index (χ2n) is 8.65. The van der Waals surface area contributed by atoms with Crippen LogP contribution in [0.3, 0.4) is 0 Å². The van der Waals surface area contributed by atoms with Crippen molar-refractivity contribution in [2.45, 2.75) is 63.6 Å². The molecular weight excluding hydrogens is 418 g/mol. The lowest BCUT2D eigenvalue weighted by molar-refractivity contribution is -0.275. The van der Waals surface area contributed by atoms with E-state index >= 15 is 0 Å². The van der Waals surface area contributed by atoms with Crippen LogP contribution >= 0.6 is 0 Å². The van der Waals surface area contributed by atoms with Crippen LogP contribution in [0.1, 0.15) is 67.6 Å².